The first-order valence-electron chi connectivity index (χ1n) is 8.65. The average molecular weight is 439 g/mol. The van der Waals surface area contributed by atoms with Gasteiger partial charge in [0.2, 0.25) is 0 Å². The van der Waals surface area contributed by atoms with E-state index in [4.69, 9.17) is 9.98 Å². The number of fused-ring (bicyclic) bond motifs is 3. The minimum Gasteiger partial charge on any atom is -0.334 e. The highest BCUT2D eigenvalue weighted by Gasteiger charge is 2.41. The van der Waals surface area contributed by atoms with Crippen LogP contribution in [0, 0.1) is 0 Å². The molecule has 2 aliphatic rings. The number of nitrogens with one attached hydrogen (secondary N) is 1. The lowest BCUT2D eigenvalue weighted by atomic mass is 10.2. The van der Waals surface area contributed by atoms with Crippen molar-refractivity contribution in [2.24, 2.45) is 4.99 Å². The number of H-pyrrole nitrogens is 1. The Morgan fingerprint density at radius 3 is 2.65 bits per heavy atom. The molecule has 1 atom stereocenters. The minimum absolute atomic E-state index is 0. The molecule has 1 aromatic carbocycles. The number of imidazole rings is 1. The molecule has 8 heteroatoms. The number of carbonyl (C=O) groups excluding carboxylic acids is 1. The second kappa shape index (κ2) is 7.40. The van der Waals surface area contributed by atoms with E-state index in [1.807, 2.05) is 24.3 Å². The molecule has 1 N–H and O–H groups in total. The van der Waals surface area contributed by atoms with Gasteiger partial charge in [-0.05, 0) is 25.0 Å². The number of aromatic amines is 1. The fourth-order valence-corrected chi connectivity index (χ4v) is 3.55. The van der Waals surface area contributed by atoms with E-state index in [1.54, 1.807) is 9.80 Å². The van der Waals surface area contributed by atoms with E-state index >= 15 is 0 Å². The first-order chi connectivity index (χ1) is 12.1. The Morgan fingerprint density at radius 2 is 2.00 bits per heavy atom. The normalized spacial score (nSPS) is 18.3. The number of hydrogen-bond acceptors (Lipinski definition) is 3. The maximum atomic E-state index is 12.9. The summed E-state index contributed by atoms with van der Waals surface area (Å²) >= 11 is 3.46. The van der Waals surface area contributed by atoms with E-state index in [1.165, 1.54) is 0 Å². The van der Waals surface area contributed by atoms with Gasteiger partial charge < -0.3 is 4.98 Å². The monoisotopic (exact) mass is 437 g/mol. The van der Waals surface area contributed by atoms with Crippen LogP contribution in [0.2, 0.25) is 0 Å². The van der Waals surface area contributed by atoms with Gasteiger partial charge in [0, 0.05) is 16.6 Å². The van der Waals surface area contributed by atoms with Crippen LogP contribution < -0.4 is 4.90 Å². The van der Waals surface area contributed by atoms with Gasteiger partial charge in [0.1, 0.15) is 11.5 Å². The van der Waals surface area contributed by atoms with Gasteiger partial charge in [0.05, 0.1) is 12.6 Å². The van der Waals surface area contributed by atoms with Crippen molar-refractivity contribution in [1.29, 1.82) is 0 Å². The summed E-state index contributed by atoms with van der Waals surface area (Å²) in [6.07, 6.45) is 1.80. The number of halogens is 2. The lowest BCUT2D eigenvalue weighted by molar-refractivity contribution is 0.226. The average Bonchev–Trinajstić information content (AvgIpc) is 3.23. The van der Waals surface area contributed by atoms with Gasteiger partial charge in [-0.1, -0.05) is 41.9 Å². The van der Waals surface area contributed by atoms with Crippen LogP contribution in [-0.2, 0) is 0 Å². The first-order valence-corrected chi connectivity index (χ1v) is 9.44. The fraction of sp³-hybridized carbons (Fsp3) is 0.389. The third-order valence-electron chi connectivity index (χ3n) is 4.62. The molecule has 2 aliphatic heterocycles. The number of amides is 2. The first kappa shape index (κ1) is 18.9. The lowest BCUT2D eigenvalue weighted by Gasteiger charge is -2.32. The molecule has 2 aromatic rings. The highest BCUT2D eigenvalue weighted by atomic mass is 79.9. The lowest BCUT2D eigenvalue weighted by Crippen LogP contribution is -2.50. The third kappa shape index (κ3) is 3.03. The molecule has 138 valence electrons. The third-order valence-corrected chi connectivity index (χ3v) is 5.14. The Bertz CT molecular complexity index is 848. The number of aromatic nitrogens is 2. The molecule has 6 nitrogen and oxygen atoms in total. The Balaban J connectivity index is 0.00000196. The standard InChI is InChI=1S/C18H20BrN5O.ClH/c1-3-9-23-17-14(16-20-13(4-2)10-24(16)18(23)25)21-15(22-17)11-5-7-12(19)8-6-11;/h5-8,13H,3-4,9-10H2,1-2H3,(H,21,22);1H. The molecule has 0 bridgehead atoms. The summed E-state index contributed by atoms with van der Waals surface area (Å²) in [6, 6.07) is 8.12. The molecule has 3 heterocycles. The highest BCUT2D eigenvalue weighted by Crippen LogP contribution is 2.33. The predicted octanol–water partition coefficient (Wildman–Crippen LogP) is 4.45. The van der Waals surface area contributed by atoms with Crippen LogP contribution in [0.15, 0.2) is 33.7 Å². The number of carbonyl (C=O) groups is 1. The molecule has 0 fully saturated rings. The molecule has 0 spiro atoms. The van der Waals surface area contributed by atoms with Gasteiger partial charge in [-0.15, -0.1) is 12.4 Å². The molecule has 1 aromatic heterocycles. The van der Waals surface area contributed by atoms with Crippen molar-refractivity contribution in [2.75, 3.05) is 18.0 Å². The molecule has 0 aliphatic carbocycles. The number of anilines is 1. The summed E-state index contributed by atoms with van der Waals surface area (Å²) < 4.78 is 1.02. The maximum Gasteiger partial charge on any atom is 0.331 e. The zero-order valence-corrected chi connectivity index (χ0v) is 17.1. The molecular formula is C18H21BrClN5O. The molecule has 0 saturated carbocycles. The highest BCUT2D eigenvalue weighted by molar-refractivity contribution is 9.10. The van der Waals surface area contributed by atoms with Crippen molar-refractivity contribution in [3.8, 4) is 11.4 Å². The van der Waals surface area contributed by atoms with Crippen LogP contribution in [0.5, 0.6) is 0 Å². The van der Waals surface area contributed by atoms with Gasteiger partial charge in [-0.25, -0.2) is 9.78 Å². The van der Waals surface area contributed by atoms with Gasteiger partial charge in [-0.3, -0.25) is 14.8 Å². The van der Waals surface area contributed by atoms with Crippen LogP contribution in [0.25, 0.3) is 11.4 Å². The number of hydrogen-bond donors (Lipinski definition) is 1. The van der Waals surface area contributed by atoms with E-state index in [0.29, 0.717) is 18.9 Å². The second-order valence-electron chi connectivity index (χ2n) is 6.35. The Kier molecular flexibility index (Phi) is 5.39. The zero-order chi connectivity index (χ0) is 17.6. The number of aliphatic imine (C=N–C) groups is 1. The molecule has 1 unspecified atom stereocenters. The van der Waals surface area contributed by atoms with E-state index in [-0.39, 0.29) is 24.5 Å². The van der Waals surface area contributed by atoms with Crippen LogP contribution in [0.3, 0.4) is 0 Å². The molecule has 4 rings (SSSR count). The van der Waals surface area contributed by atoms with Crippen LogP contribution >= 0.6 is 28.3 Å². The number of urea groups is 1. The van der Waals surface area contributed by atoms with Crippen molar-refractivity contribution < 1.29 is 4.79 Å². The Hall–Kier alpha value is -1.86. The van der Waals surface area contributed by atoms with Crippen LogP contribution in [-0.4, -0.2) is 45.9 Å². The van der Waals surface area contributed by atoms with E-state index < -0.39 is 0 Å². The molecule has 26 heavy (non-hydrogen) atoms. The summed E-state index contributed by atoms with van der Waals surface area (Å²) in [4.78, 5) is 29.4. The summed E-state index contributed by atoms with van der Waals surface area (Å²) in [7, 11) is 0. The number of nitrogens with zero attached hydrogens (tertiary/aromatic N) is 4. The van der Waals surface area contributed by atoms with E-state index in [9.17, 15) is 4.79 Å². The number of rotatable bonds is 4. The SMILES string of the molecule is CCCN1C(=O)N2CC(CC)N=C2c2[nH]c(-c3ccc(Br)cc3)nc21.Cl. The smallest absolute Gasteiger partial charge is 0.331 e. The molecule has 2 amide bonds. The topological polar surface area (TPSA) is 64.6 Å². The largest absolute Gasteiger partial charge is 0.334 e. The molecule has 0 saturated heterocycles. The summed E-state index contributed by atoms with van der Waals surface area (Å²) in [5.41, 5.74) is 1.83. The van der Waals surface area contributed by atoms with Gasteiger partial charge in [-0.2, -0.15) is 0 Å². The van der Waals surface area contributed by atoms with Crippen molar-refractivity contribution in [3.05, 3.63) is 34.4 Å². The van der Waals surface area contributed by atoms with Crippen molar-refractivity contribution in [3.63, 3.8) is 0 Å². The number of benzene rings is 1. The second-order valence-corrected chi connectivity index (χ2v) is 7.27. The quantitative estimate of drug-likeness (QED) is 0.766. The van der Waals surface area contributed by atoms with Gasteiger partial charge in [0.25, 0.3) is 0 Å². The Labute approximate surface area is 167 Å². The van der Waals surface area contributed by atoms with Crippen LogP contribution in [0.4, 0.5) is 10.6 Å². The number of amidine groups is 1. The van der Waals surface area contributed by atoms with Crippen molar-refractivity contribution in [1.82, 2.24) is 14.9 Å². The maximum absolute atomic E-state index is 12.9. The van der Waals surface area contributed by atoms with E-state index in [2.05, 4.69) is 34.8 Å². The summed E-state index contributed by atoms with van der Waals surface area (Å²) in [5, 5.41) is 0. The van der Waals surface area contributed by atoms with E-state index in [0.717, 1.165) is 40.2 Å². The van der Waals surface area contributed by atoms with Crippen molar-refractivity contribution >= 4 is 46.0 Å². The fourth-order valence-electron chi connectivity index (χ4n) is 3.29. The van der Waals surface area contributed by atoms with Gasteiger partial charge >= 0.3 is 6.03 Å². The molecule has 0 radical (unpaired) electrons. The summed E-state index contributed by atoms with van der Waals surface area (Å²) in [6.45, 7) is 5.47. The van der Waals surface area contributed by atoms with Gasteiger partial charge in [0.15, 0.2) is 11.7 Å². The van der Waals surface area contributed by atoms with Crippen LogP contribution in [0.1, 0.15) is 32.4 Å². The summed E-state index contributed by atoms with van der Waals surface area (Å²) in [5.74, 6) is 2.18. The Morgan fingerprint density at radius 1 is 1.27 bits per heavy atom. The predicted molar refractivity (Wildman–Crippen MR) is 109 cm³/mol. The zero-order valence-electron chi connectivity index (χ0n) is 14.7. The minimum atomic E-state index is -0.0158. The van der Waals surface area contributed by atoms with Crippen molar-refractivity contribution in [2.45, 2.75) is 32.7 Å². The molecular weight excluding hydrogens is 418 g/mol.